The number of carbonyl (C=O) groups is 2. The molecule has 1 aromatic rings. The molecule has 1 amide bonds. The molecule has 0 saturated heterocycles. The summed E-state index contributed by atoms with van der Waals surface area (Å²) in [6.07, 6.45) is -0.0871. The van der Waals surface area contributed by atoms with E-state index in [1.165, 1.54) is 31.2 Å². The lowest BCUT2D eigenvalue weighted by Crippen LogP contribution is -2.30. The van der Waals surface area contributed by atoms with E-state index in [4.69, 9.17) is 9.84 Å². The summed E-state index contributed by atoms with van der Waals surface area (Å²) in [6, 6.07) is 4.56. The minimum absolute atomic E-state index is 0.166. The molecule has 0 aliphatic carbocycles. The highest BCUT2D eigenvalue weighted by atomic mass is 19.1. The Labute approximate surface area is 110 Å². The van der Waals surface area contributed by atoms with Crippen LogP contribution in [0.25, 0.3) is 0 Å². The Morgan fingerprint density at radius 1 is 1.42 bits per heavy atom. The van der Waals surface area contributed by atoms with Gasteiger partial charge in [0.2, 0.25) is 5.91 Å². The van der Waals surface area contributed by atoms with Gasteiger partial charge >= 0.3 is 5.97 Å². The molecule has 0 aliphatic heterocycles. The number of methoxy groups -OCH3 is 1. The number of carboxylic acid groups (broad SMARTS) is 1. The Kier molecular flexibility index (Phi) is 5.29. The van der Waals surface area contributed by atoms with Crippen LogP contribution in [-0.2, 0) is 16.0 Å². The first-order valence-electron chi connectivity index (χ1n) is 5.72. The zero-order valence-corrected chi connectivity index (χ0v) is 10.9. The predicted octanol–water partition coefficient (Wildman–Crippen LogP) is 1.31. The lowest BCUT2D eigenvalue weighted by atomic mass is 10.1. The summed E-state index contributed by atoms with van der Waals surface area (Å²) in [5.41, 5.74) is 0.716. The highest BCUT2D eigenvalue weighted by Gasteiger charge is 2.13. The van der Waals surface area contributed by atoms with Crippen LogP contribution in [0.1, 0.15) is 12.0 Å². The van der Waals surface area contributed by atoms with Crippen molar-refractivity contribution in [3.05, 3.63) is 29.6 Å². The molecule has 0 unspecified atom stereocenters. The van der Waals surface area contributed by atoms with Crippen molar-refractivity contribution >= 4 is 11.9 Å². The third-order valence-electron chi connectivity index (χ3n) is 2.68. The van der Waals surface area contributed by atoms with Gasteiger partial charge in [0.05, 0.1) is 7.11 Å². The topological polar surface area (TPSA) is 66.8 Å². The molecule has 0 radical (unpaired) electrons. The molecule has 104 valence electrons. The maximum Gasteiger partial charge on any atom is 0.312 e. The SMILES string of the molecule is COc1ccc(CCN(C)C(=O)CC(=O)O)cc1F. The molecule has 0 atom stereocenters. The van der Waals surface area contributed by atoms with Crippen LogP contribution >= 0.6 is 0 Å². The molecule has 1 rings (SSSR count). The van der Waals surface area contributed by atoms with Crippen molar-refractivity contribution in [3.63, 3.8) is 0 Å². The van der Waals surface area contributed by atoms with Crippen molar-refractivity contribution in [2.75, 3.05) is 20.7 Å². The number of carboxylic acids is 1. The first-order chi connectivity index (χ1) is 8.93. The Balaban J connectivity index is 2.54. The fraction of sp³-hybridized carbons (Fsp3) is 0.385. The fourth-order valence-electron chi connectivity index (χ4n) is 1.55. The number of rotatable bonds is 6. The highest BCUT2D eigenvalue weighted by molar-refractivity contribution is 5.93. The van der Waals surface area contributed by atoms with Crippen molar-refractivity contribution < 1.29 is 23.8 Å². The molecule has 1 aromatic carbocycles. The fourth-order valence-corrected chi connectivity index (χ4v) is 1.55. The second-order valence-electron chi connectivity index (χ2n) is 4.10. The number of benzene rings is 1. The van der Waals surface area contributed by atoms with Crippen LogP contribution in [0.4, 0.5) is 4.39 Å². The number of amides is 1. The van der Waals surface area contributed by atoms with Gasteiger partial charge in [-0.1, -0.05) is 6.07 Å². The highest BCUT2D eigenvalue weighted by Crippen LogP contribution is 2.18. The summed E-state index contributed by atoms with van der Waals surface area (Å²) in [7, 11) is 2.90. The van der Waals surface area contributed by atoms with Gasteiger partial charge in [-0.2, -0.15) is 0 Å². The third kappa shape index (κ3) is 4.57. The van der Waals surface area contributed by atoms with Crippen molar-refractivity contribution in [1.29, 1.82) is 0 Å². The normalized spacial score (nSPS) is 10.1. The van der Waals surface area contributed by atoms with Gasteiger partial charge in [0.15, 0.2) is 11.6 Å². The number of halogens is 1. The molecule has 19 heavy (non-hydrogen) atoms. The number of hydrogen-bond donors (Lipinski definition) is 1. The molecular formula is C13H16FNO4. The van der Waals surface area contributed by atoms with Gasteiger partial charge in [0.25, 0.3) is 0 Å². The molecule has 0 aliphatic rings. The van der Waals surface area contributed by atoms with Gasteiger partial charge in [-0.05, 0) is 24.1 Å². The summed E-state index contributed by atoms with van der Waals surface area (Å²) in [4.78, 5) is 23.1. The van der Waals surface area contributed by atoms with Gasteiger partial charge in [-0.25, -0.2) is 4.39 Å². The Morgan fingerprint density at radius 3 is 2.63 bits per heavy atom. The molecule has 0 aromatic heterocycles. The monoisotopic (exact) mass is 269 g/mol. The third-order valence-corrected chi connectivity index (χ3v) is 2.68. The summed E-state index contributed by atoms with van der Waals surface area (Å²) < 4.78 is 18.2. The zero-order valence-electron chi connectivity index (χ0n) is 10.9. The van der Waals surface area contributed by atoms with Gasteiger partial charge in [0.1, 0.15) is 6.42 Å². The smallest absolute Gasteiger partial charge is 0.312 e. The van der Waals surface area contributed by atoms with Crippen molar-refractivity contribution in [2.45, 2.75) is 12.8 Å². The predicted molar refractivity (Wildman–Crippen MR) is 66.5 cm³/mol. The molecule has 0 fully saturated rings. The van der Waals surface area contributed by atoms with E-state index in [9.17, 15) is 14.0 Å². The average Bonchev–Trinajstić information content (AvgIpc) is 2.35. The second kappa shape index (κ2) is 6.72. The second-order valence-corrected chi connectivity index (χ2v) is 4.10. The maximum absolute atomic E-state index is 13.4. The van der Waals surface area contributed by atoms with Crippen molar-refractivity contribution in [2.24, 2.45) is 0 Å². The number of aliphatic carboxylic acids is 1. The number of nitrogens with zero attached hydrogens (tertiary/aromatic N) is 1. The van der Waals surface area contributed by atoms with E-state index in [0.29, 0.717) is 18.5 Å². The summed E-state index contributed by atoms with van der Waals surface area (Å²) >= 11 is 0. The molecule has 0 bridgehead atoms. The lowest BCUT2D eigenvalue weighted by Gasteiger charge is -2.16. The molecule has 5 nitrogen and oxygen atoms in total. The molecule has 0 spiro atoms. The van der Waals surface area contributed by atoms with Crippen molar-refractivity contribution in [3.8, 4) is 5.75 Å². The summed E-state index contributed by atoms with van der Waals surface area (Å²) in [5, 5.41) is 8.50. The van der Waals surface area contributed by atoms with Crippen LogP contribution in [0.2, 0.25) is 0 Å². The van der Waals surface area contributed by atoms with Crippen LogP contribution in [0.3, 0.4) is 0 Å². The average molecular weight is 269 g/mol. The van der Waals surface area contributed by atoms with Crippen LogP contribution in [0.15, 0.2) is 18.2 Å². The molecule has 0 saturated carbocycles. The van der Waals surface area contributed by atoms with Crippen LogP contribution in [0, 0.1) is 5.82 Å². The van der Waals surface area contributed by atoms with Crippen molar-refractivity contribution in [1.82, 2.24) is 4.90 Å². The largest absolute Gasteiger partial charge is 0.494 e. The van der Waals surface area contributed by atoms with Crippen LogP contribution < -0.4 is 4.74 Å². The number of ether oxygens (including phenoxy) is 1. The Bertz CT molecular complexity index is 476. The van der Waals surface area contributed by atoms with E-state index < -0.39 is 24.1 Å². The lowest BCUT2D eigenvalue weighted by molar-refractivity contribution is -0.143. The quantitative estimate of drug-likeness (QED) is 0.791. The Morgan fingerprint density at radius 2 is 2.11 bits per heavy atom. The van der Waals surface area contributed by atoms with E-state index in [1.54, 1.807) is 6.07 Å². The van der Waals surface area contributed by atoms with Gasteiger partial charge < -0.3 is 14.7 Å². The van der Waals surface area contributed by atoms with Gasteiger partial charge in [-0.3, -0.25) is 9.59 Å². The molecule has 1 N–H and O–H groups in total. The molecular weight excluding hydrogens is 253 g/mol. The van der Waals surface area contributed by atoms with E-state index in [0.717, 1.165) is 0 Å². The summed E-state index contributed by atoms with van der Waals surface area (Å²) in [6.45, 7) is 0.331. The summed E-state index contributed by atoms with van der Waals surface area (Å²) in [5.74, 6) is -1.92. The number of hydrogen-bond acceptors (Lipinski definition) is 3. The number of carbonyl (C=O) groups excluding carboxylic acids is 1. The van der Waals surface area contributed by atoms with Gasteiger partial charge in [0, 0.05) is 13.6 Å². The minimum atomic E-state index is -1.16. The Hall–Kier alpha value is -2.11. The molecule has 0 heterocycles. The van der Waals surface area contributed by atoms with E-state index >= 15 is 0 Å². The van der Waals surface area contributed by atoms with Crippen LogP contribution in [-0.4, -0.2) is 42.6 Å². The molecule has 6 heteroatoms. The van der Waals surface area contributed by atoms with E-state index in [1.807, 2.05) is 0 Å². The van der Waals surface area contributed by atoms with E-state index in [2.05, 4.69) is 0 Å². The van der Waals surface area contributed by atoms with Crippen LogP contribution in [0.5, 0.6) is 5.75 Å². The first-order valence-corrected chi connectivity index (χ1v) is 5.72. The maximum atomic E-state index is 13.4. The standard InChI is InChI=1S/C13H16FNO4/c1-15(12(16)8-13(17)18)6-5-9-3-4-11(19-2)10(14)7-9/h3-4,7H,5-6,8H2,1-2H3,(H,17,18). The minimum Gasteiger partial charge on any atom is -0.494 e. The van der Waals surface area contributed by atoms with Gasteiger partial charge in [-0.15, -0.1) is 0 Å². The van der Waals surface area contributed by atoms with E-state index in [-0.39, 0.29) is 5.75 Å². The zero-order chi connectivity index (χ0) is 14.4. The first kappa shape index (κ1) is 14.9. The number of likely N-dealkylation sites (N-methyl/N-ethyl adjacent to an activating group) is 1.